The van der Waals surface area contributed by atoms with Gasteiger partial charge in [0.05, 0.1) is 5.52 Å². The molecule has 5 heteroatoms. The Hall–Kier alpha value is -2.32. The van der Waals surface area contributed by atoms with Crippen molar-refractivity contribution in [1.82, 2.24) is 15.0 Å². The first-order valence-electron chi connectivity index (χ1n) is 5.80. The minimum absolute atomic E-state index is 0.421. The minimum atomic E-state index is -0.421. The predicted octanol–water partition coefficient (Wildman–Crippen LogP) is 3.25. The summed E-state index contributed by atoms with van der Waals surface area (Å²) in [7, 11) is 0. The Morgan fingerprint density at radius 3 is 2.58 bits per heavy atom. The number of hydrogen-bond donors (Lipinski definition) is 0. The van der Waals surface area contributed by atoms with Crippen LogP contribution >= 0.6 is 11.8 Å². The lowest BCUT2D eigenvalue weighted by Crippen LogP contribution is -2.05. The normalized spacial score (nSPS) is 12.2. The molecule has 0 amide bonds. The SMILES string of the molecule is N#CC(Sc1ccccc1)n1nnc2ccccc21. The Kier molecular flexibility index (Phi) is 3.17. The molecule has 0 radical (unpaired) electrons. The molecule has 3 aromatic rings. The van der Waals surface area contributed by atoms with Crippen LogP contribution in [0.5, 0.6) is 0 Å². The zero-order valence-electron chi connectivity index (χ0n) is 9.97. The summed E-state index contributed by atoms with van der Waals surface area (Å²) in [6.07, 6.45) is 0. The van der Waals surface area contributed by atoms with Crippen LogP contribution in [0, 0.1) is 11.3 Å². The molecule has 2 aromatic carbocycles. The second kappa shape index (κ2) is 5.12. The number of hydrogen-bond acceptors (Lipinski definition) is 4. The van der Waals surface area contributed by atoms with E-state index >= 15 is 0 Å². The van der Waals surface area contributed by atoms with Crippen LogP contribution < -0.4 is 0 Å². The average molecular weight is 266 g/mol. The minimum Gasteiger partial charge on any atom is -0.217 e. The van der Waals surface area contributed by atoms with E-state index in [1.807, 2.05) is 54.6 Å². The maximum absolute atomic E-state index is 9.36. The predicted molar refractivity (Wildman–Crippen MR) is 74.5 cm³/mol. The van der Waals surface area contributed by atoms with Gasteiger partial charge in [0, 0.05) is 4.90 Å². The van der Waals surface area contributed by atoms with Crippen molar-refractivity contribution in [2.24, 2.45) is 0 Å². The molecule has 0 aliphatic rings. The largest absolute Gasteiger partial charge is 0.217 e. The second-order valence-corrected chi connectivity index (χ2v) is 5.09. The third-order valence-electron chi connectivity index (χ3n) is 2.70. The molecule has 4 nitrogen and oxygen atoms in total. The van der Waals surface area contributed by atoms with Gasteiger partial charge in [0.2, 0.25) is 0 Å². The molecule has 1 aromatic heterocycles. The van der Waals surface area contributed by atoms with E-state index in [0.29, 0.717) is 0 Å². The first kappa shape index (κ1) is 11.8. The van der Waals surface area contributed by atoms with Gasteiger partial charge in [-0.2, -0.15) is 5.26 Å². The van der Waals surface area contributed by atoms with E-state index in [1.54, 1.807) is 4.68 Å². The Morgan fingerprint density at radius 1 is 1.05 bits per heavy atom. The molecule has 1 atom stereocenters. The highest BCUT2D eigenvalue weighted by Gasteiger charge is 2.15. The van der Waals surface area contributed by atoms with Crippen molar-refractivity contribution >= 4 is 22.8 Å². The molecule has 0 saturated heterocycles. The van der Waals surface area contributed by atoms with Crippen molar-refractivity contribution < 1.29 is 0 Å². The molecule has 92 valence electrons. The molecule has 0 N–H and O–H groups in total. The van der Waals surface area contributed by atoms with Crippen molar-refractivity contribution in [2.75, 3.05) is 0 Å². The van der Waals surface area contributed by atoms with E-state index in [2.05, 4.69) is 16.4 Å². The molecular formula is C14H10N4S. The number of benzene rings is 2. The highest BCUT2D eigenvalue weighted by molar-refractivity contribution is 7.99. The van der Waals surface area contributed by atoms with Gasteiger partial charge in [0.15, 0.2) is 5.37 Å². The number of nitrogens with zero attached hydrogens (tertiary/aromatic N) is 4. The Bertz CT molecular complexity index is 730. The van der Waals surface area contributed by atoms with Gasteiger partial charge in [0.1, 0.15) is 11.6 Å². The summed E-state index contributed by atoms with van der Waals surface area (Å²) in [5.41, 5.74) is 1.67. The average Bonchev–Trinajstić information content (AvgIpc) is 2.90. The number of rotatable bonds is 3. The summed E-state index contributed by atoms with van der Waals surface area (Å²) in [4.78, 5) is 1.04. The van der Waals surface area contributed by atoms with E-state index < -0.39 is 5.37 Å². The van der Waals surface area contributed by atoms with Gasteiger partial charge in [-0.25, -0.2) is 4.68 Å². The number of thioether (sulfide) groups is 1. The lowest BCUT2D eigenvalue weighted by Gasteiger charge is -2.09. The zero-order chi connectivity index (χ0) is 13.1. The Morgan fingerprint density at radius 2 is 1.79 bits per heavy atom. The van der Waals surface area contributed by atoms with Gasteiger partial charge < -0.3 is 0 Å². The number of para-hydroxylation sites is 1. The van der Waals surface area contributed by atoms with Crippen LogP contribution in [-0.4, -0.2) is 15.0 Å². The molecular weight excluding hydrogens is 256 g/mol. The lowest BCUT2D eigenvalue weighted by molar-refractivity contribution is 0.676. The summed E-state index contributed by atoms with van der Waals surface area (Å²) in [6.45, 7) is 0. The second-order valence-electron chi connectivity index (χ2n) is 3.94. The molecule has 0 spiro atoms. The van der Waals surface area contributed by atoms with E-state index in [1.165, 1.54) is 11.8 Å². The van der Waals surface area contributed by atoms with Crippen LogP contribution in [-0.2, 0) is 0 Å². The summed E-state index contributed by atoms with van der Waals surface area (Å²) in [6, 6.07) is 19.7. The highest BCUT2D eigenvalue weighted by Crippen LogP contribution is 2.31. The summed E-state index contributed by atoms with van der Waals surface area (Å²) >= 11 is 1.46. The van der Waals surface area contributed by atoms with Crippen molar-refractivity contribution in [2.45, 2.75) is 10.3 Å². The fourth-order valence-electron chi connectivity index (χ4n) is 1.82. The van der Waals surface area contributed by atoms with Crippen LogP contribution in [0.1, 0.15) is 5.37 Å². The quantitative estimate of drug-likeness (QED) is 0.683. The maximum Gasteiger partial charge on any atom is 0.190 e. The van der Waals surface area contributed by atoms with Gasteiger partial charge in [-0.15, -0.1) is 5.10 Å². The Balaban J connectivity index is 1.97. The topological polar surface area (TPSA) is 54.5 Å². The van der Waals surface area contributed by atoms with Gasteiger partial charge in [-0.1, -0.05) is 47.3 Å². The van der Waals surface area contributed by atoms with Crippen LogP contribution in [0.2, 0.25) is 0 Å². The highest BCUT2D eigenvalue weighted by atomic mass is 32.2. The number of aromatic nitrogens is 3. The third-order valence-corrected chi connectivity index (χ3v) is 3.77. The maximum atomic E-state index is 9.36. The van der Waals surface area contributed by atoms with Crippen LogP contribution in [0.25, 0.3) is 11.0 Å². The summed E-state index contributed by atoms with van der Waals surface area (Å²) < 4.78 is 1.66. The smallest absolute Gasteiger partial charge is 0.190 e. The lowest BCUT2D eigenvalue weighted by atomic mass is 10.3. The van der Waals surface area contributed by atoms with Crippen LogP contribution in [0.4, 0.5) is 0 Å². The van der Waals surface area contributed by atoms with Gasteiger partial charge in [0.25, 0.3) is 0 Å². The van der Waals surface area contributed by atoms with E-state index in [9.17, 15) is 5.26 Å². The molecule has 0 bridgehead atoms. The first-order chi connectivity index (χ1) is 9.38. The standard InChI is InChI=1S/C14H10N4S/c15-10-14(19-11-6-2-1-3-7-11)18-13-9-5-4-8-12(13)16-17-18/h1-9,14H. The fourth-order valence-corrected chi connectivity index (χ4v) is 2.70. The Labute approximate surface area is 114 Å². The molecule has 0 aliphatic heterocycles. The van der Waals surface area contributed by atoms with E-state index in [-0.39, 0.29) is 0 Å². The van der Waals surface area contributed by atoms with Gasteiger partial charge in [-0.3, -0.25) is 0 Å². The number of nitriles is 1. The summed E-state index contributed by atoms with van der Waals surface area (Å²) in [5.74, 6) is 0. The van der Waals surface area contributed by atoms with Crippen LogP contribution in [0.15, 0.2) is 59.5 Å². The zero-order valence-corrected chi connectivity index (χ0v) is 10.8. The fraction of sp³-hybridized carbons (Fsp3) is 0.0714. The van der Waals surface area contributed by atoms with Crippen molar-refractivity contribution in [3.8, 4) is 6.07 Å². The molecule has 3 rings (SSSR count). The third kappa shape index (κ3) is 2.30. The van der Waals surface area contributed by atoms with Crippen molar-refractivity contribution in [1.29, 1.82) is 5.26 Å². The van der Waals surface area contributed by atoms with Gasteiger partial charge in [-0.05, 0) is 24.3 Å². The van der Waals surface area contributed by atoms with E-state index in [4.69, 9.17) is 0 Å². The van der Waals surface area contributed by atoms with Gasteiger partial charge >= 0.3 is 0 Å². The number of fused-ring (bicyclic) bond motifs is 1. The molecule has 1 unspecified atom stereocenters. The van der Waals surface area contributed by atoms with Crippen LogP contribution in [0.3, 0.4) is 0 Å². The van der Waals surface area contributed by atoms with Crippen molar-refractivity contribution in [3.05, 3.63) is 54.6 Å². The molecule has 19 heavy (non-hydrogen) atoms. The molecule has 1 heterocycles. The monoisotopic (exact) mass is 266 g/mol. The van der Waals surface area contributed by atoms with Crippen molar-refractivity contribution in [3.63, 3.8) is 0 Å². The first-order valence-corrected chi connectivity index (χ1v) is 6.68. The van der Waals surface area contributed by atoms with E-state index in [0.717, 1.165) is 15.9 Å². The molecule has 0 aliphatic carbocycles. The molecule has 0 saturated carbocycles. The summed E-state index contributed by atoms with van der Waals surface area (Å²) in [5, 5.41) is 17.1. The molecule has 0 fully saturated rings.